The van der Waals surface area contributed by atoms with Crippen LogP contribution >= 0.6 is 0 Å². The van der Waals surface area contributed by atoms with E-state index in [-0.39, 0.29) is 11.9 Å². The molecule has 1 unspecified atom stereocenters. The Morgan fingerprint density at radius 3 is 2.58 bits per heavy atom. The van der Waals surface area contributed by atoms with E-state index in [9.17, 15) is 10.1 Å². The van der Waals surface area contributed by atoms with Crippen molar-refractivity contribution in [1.29, 1.82) is 5.26 Å². The van der Waals surface area contributed by atoms with Gasteiger partial charge in [-0.1, -0.05) is 25.3 Å². The first kappa shape index (κ1) is 20.1. The van der Waals surface area contributed by atoms with Crippen LogP contribution in [-0.2, 0) is 11.3 Å². The molecule has 0 bridgehead atoms. The molecule has 1 saturated carbocycles. The smallest absolute Gasteiger partial charge is 0.238 e. The molecule has 0 saturated heterocycles. The number of ether oxygens (including phenoxy) is 2. The third-order valence-corrected chi connectivity index (χ3v) is 5.24. The number of nitrogens with zero attached hydrogens (tertiary/aromatic N) is 2. The van der Waals surface area contributed by atoms with Crippen molar-refractivity contribution in [3.63, 3.8) is 0 Å². The molecule has 2 rings (SSSR count). The number of benzene rings is 1. The Balaban J connectivity index is 2.03. The zero-order valence-corrected chi connectivity index (χ0v) is 16.2. The summed E-state index contributed by atoms with van der Waals surface area (Å²) in [6, 6.07) is 7.64. The highest BCUT2D eigenvalue weighted by molar-refractivity contribution is 5.82. The topological polar surface area (TPSA) is 74.6 Å². The summed E-state index contributed by atoms with van der Waals surface area (Å²) in [5, 5.41) is 12.6. The van der Waals surface area contributed by atoms with Gasteiger partial charge in [-0.25, -0.2) is 0 Å². The van der Waals surface area contributed by atoms with E-state index in [1.807, 2.05) is 37.1 Å². The van der Waals surface area contributed by atoms with Crippen molar-refractivity contribution in [2.75, 3.05) is 21.3 Å². The van der Waals surface area contributed by atoms with Crippen LogP contribution in [0.4, 0.5) is 0 Å². The lowest BCUT2D eigenvalue weighted by molar-refractivity contribution is -0.127. The first-order valence-electron chi connectivity index (χ1n) is 9.09. The molecule has 0 radical (unpaired) electrons. The molecule has 1 fully saturated rings. The Hall–Kier alpha value is -2.26. The summed E-state index contributed by atoms with van der Waals surface area (Å²) < 4.78 is 10.7. The first-order chi connectivity index (χ1) is 12.4. The SMILES string of the molecule is COc1ccc(CN(C)C(C)C(=O)NC2(C#N)CCCCC2)c(OC)c1. The Labute approximate surface area is 156 Å². The second kappa shape index (κ2) is 8.91. The van der Waals surface area contributed by atoms with Crippen LogP contribution in [0.3, 0.4) is 0 Å². The number of methoxy groups -OCH3 is 2. The third kappa shape index (κ3) is 4.67. The molecule has 1 amide bonds. The average molecular weight is 359 g/mol. The van der Waals surface area contributed by atoms with Crippen LogP contribution in [0.5, 0.6) is 11.5 Å². The zero-order valence-electron chi connectivity index (χ0n) is 16.2. The van der Waals surface area contributed by atoms with Crippen molar-refractivity contribution in [2.24, 2.45) is 0 Å². The minimum atomic E-state index is -0.706. The van der Waals surface area contributed by atoms with E-state index >= 15 is 0 Å². The van der Waals surface area contributed by atoms with Gasteiger partial charge in [0.15, 0.2) is 0 Å². The highest BCUT2D eigenvalue weighted by Gasteiger charge is 2.35. The minimum absolute atomic E-state index is 0.108. The largest absolute Gasteiger partial charge is 0.497 e. The quantitative estimate of drug-likeness (QED) is 0.810. The minimum Gasteiger partial charge on any atom is -0.497 e. The molecule has 0 aliphatic heterocycles. The van der Waals surface area contributed by atoms with Gasteiger partial charge in [0.25, 0.3) is 0 Å². The van der Waals surface area contributed by atoms with Crippen LogP contribution in [0.15, 0.2) is 18.2 Å². The van der Waals surface area contributed by atoms with Gasteiger partial charge in [0.1, 0.15) is 17.0 Å². The highest BCUT2D eigenvalue weighted by Crippen LogP contribution is 2.28. The fraction of sp³-hybridized carbons (Fsp3) is 0.600. The maximum Gasteiger partial charge on any atom is 0.238 e. The summed E-state index contributed by atoms with van der Waals surface area (Å²) in [6.07, 6.45) is 4.57. The van der Waals surface area contributed by atoms with Crippen LogP contribution in [0.2, 0.25) is 0 Å². The second-order valence-electron chi connectivity index (χ2n) is 7.01. The van der Waals surface area contributed by atoms with Crippen LogP contribution in [0.1, 0.15) is 44.6 Å². The van der Waals surface area contributed by atoms with E-state index in [1.54, 1.807) is 14.2 Å². The number of nitrogens with one attached hydrogen (secondary N) is 1. The third-order valence-electron chi connectivity index (χ3n) is 5.24. The molecule has 6 heteroatoms. The summed E-state index contributed by atoms with van der Waals surface area (Å²) in [7, 11) is 5.13. The number of likely N-dealkylation sites (N-methyl/N-ethyl adjacent to an activating group) is 1. The predicted octanol–water partition coefficient (Wildman–Crippen LogP) is 2.87. The van der Waals surface area contributed by atoms with Crippen LogP contribution in [0.25, 0.3) is 0 Å². The van der Waals surface area contributed by atoms with E-state index in [2.05, 4.69) is 11.4 Å². The molecular formula is C20H29N3O3. The molecule has 0 spiro atoms. The molecule has 0 aromatic heterocycles. The molecule has 0 heterocycles. The average Bonchev–Trinajstić information content (AvgIpc) is 2.68. The molecule has 1 aliphatic carbocycles. The summed E-state index contributed by atoms with van der Waals surface area (Å²) in [6.45, 7) is 2.42. The Morgan fingerprint density at radius 2 is 2.00 bits per heavy atom. The zero-order chi connectivity index (χ0) is 19.2. The van der Waals surface area contributed by atoms with E-state index in [0.29, 0.717) is 6.54 Å². The standard InChI is InChI=1S/C20H29N3O3/c1-15(19(24)22-20(14-21)10-6-5-7-11-20)23(2)13-16-8-9-17(25-3)12-18(16)26-4/h8-9,12,15H,5-7,10-11,13H2,1-4H3,(H,22,24). The summed E-state index contributed by atoms with van der Waals surface area (Å²) in [5.74, 6) is 1.35. The molecular weight excluding hydrogens is 330 g/mol. The van der Waals surface area contributed by atoms with Gasteiger partial charge in [-0.3, -0.25) is 9.69 Å². The molecule has 1 aromatic carbocycles. The maximum atomic E-state index is 12.7. The van der Waals surface area contributed by atoms with Gasteiger partial charge in [0.2, 0.25) is 5.91 Å². The van der Waals surface area contributed by atoms with Crippen LogP contribution in [0, 0.1) is 11.3 Å². The highest BCUT2D eigenvalue weighted by atomic mass is 16.5. The number of carbonyl (C=O) groups excluding carboxylic acids is 1. The molecule has 26 heavy (non-hydrogen) atoms. The molecule has 1 atom stereocenters. The number of hydrogen-bond donors (Lipinski definition) is 1. The molecule has 1 aliphatic rings. The summed E-state index contributed by atoms with van der Waals surface area (Å²) in [4.78, 5) is 14.7. The maximum absolute atomic E-state index is 12.7. The van der Waals surface area contributed by atoms with Gasteiger partial charge in [0.05, 0.1) is 26.3 Å². The van der Waals surface area contributed by atoms with Gasteiger partial charge in [-0.2, -0.15) is 5.26 Å². The molecule has 1 N–H and O–H groups in total. The van der Waals surface area contributed by atoms with Gasteiger partial charge in [-0.05, 0) is 32.9 Å². The van der Waals surface area contributed by atoms with Crippen LogP contribution in [-0.4, -0.2) is 43.7 Å². The van der Waals surface area contributed by atoms with Crippen molar-refractivity contribution >= 4 is 5.91 Å². The monoisotopic (exact) mass is 359 g/mol. The first-order valence-corrected chi connectivity index (χ1v) is 9.09. The van der Waals surface area contributed by atoms with Crippen molar-refractivity contribution in [3.05, 3.63) is 23.8 Å². The summed E-state index contributed by atoms with van der Waals surface area (Å²) >= 11 is 0. The summed E-state index contributed by atoms with van der Waals surface area (Å²) in [5.41, 5.74) is 0.269. The number of hydrogen-bond acceptors (Lipinski definition) is 5. The van der Waals surface area contributed by atoms with Gasteiger partial charge < -0.3 is 14.8 Å². The lowest BCUT2D eigenvalue weighted by atomic mass is 9.82. The fourth-order valence-electron chi connectivity index (χ4n) is 3.35. The molecule has 1 aromatic rings. The van der Waals surface area contributed by atoms with Gasteiger partial charge in [0, 0.05) is 18.2 Å². The van der Waals surface area contributed by atoms with Gasteiger partial charge in [-0.15, -0.1) is 0 Å². The van der Waals surface area contributed by atoms with Gasteiger partial charge >= 0.3 is 0 Å². The Bertz CT molecular complexity index is 663. The number of rotatable bonds is 7. The second-order valence-corrected chi connectivity index (χ2v) is 7.01. The van der Waals surface area contributed by atoms with E-state index in [4.69, 9.17) is 9.47 Å². The Morgan fingerprint density at radius 1 is 1.31 bits per heavy atom. The van der Waals surface area contributed by atoms with Crippen molar-refractivity contribution in [1.82, 2.24) is 10.2 Å². The van der Waals surface area contributed by atoms with Crippen LogP contribution < -0.4 is 14.8 Å². The van der Waals surface area contributed by atoms with E-state index in [0.717, 1.165) is 49.2 Å². The Kier molecular flexibility index (Phi) is 6.87. The van der Waals surface area contributed by atoms with E-state index in [1.165, 1.54) is 0 Å². The number of nitriles is 1. The van der Waals surface area contributed by atoms with E-state index < -0.39 is 5.54 Å². The van der Waals surface area contributed by atoms with Crippen molar-refractivity contribution in [3.8, 4) is 17.6 Å². The van der Waals surface area contributed by atoms with Crippen molar-refractivity contribution in [2.45, 2.75) is 57.2 Å². The number of amides is 1. The normalized spacial score (nSPS) is 17.2. The lowest BCUT2D eigenvalue weighted by Crippen LogP contribution is -2.54. The fourth-order valence-corrected chi connectivity index (χ4v) is 3.35. The molecule has 6 nitrogen and oxygen atoms in total. The number of carbonyl (C=O) groups is 1. The molecule has 142 valence electrons. The lowest BCUT2D eigenvalue weighted by Gasteiger charge is -2.34. The van der Waals surface area contributed by atoms with Crippen molar-refractivity contribution < 1.29 is 14.3 Å². The predicted molar refractivity (Wildman–Crippen MR) is 100 cm³/mol.